The number of carbonyl (C=O) groups excluding carboxylic acids is 2. The van der Waals surface area contributed by atoms with Crippen molar-refractivity contribution in [1.29, 1.82) is 0 Å². The molecule has 0 spiro atoms. The smallest absolute Gasteiger partial charge is 0.341 e. The molecule has 1 atom stereocenters. The summed E-state index contributed by atoms with van der Waals surface area (Å²) in [5.74, 6) is -0.871. The van der Waals surface area contributed by atoms with Crippen molar-refractivity contribution in [1.82, 2.24) is 15.1 Å². The first kappa shape index (κ1) is 14.2. The number of hydrogen-bond donors (Lipinski definition) is 2. The average molecular weight is 254 g/mol. The third-order valence-corrected chi connectivity index (χ3v) is 2.56. The Morgan fingerprint density at radius 3 is 2.83 bits per heavy atom. The minimum Gasteiger partial charge on any atom is -0.462 e. The second kappa shape index (κ2) is 6.15. The maximum Gasteiger partial charge on any atom is 0.341 e. The normalized spacial score (nSPS) is 12.2. The van der Waals surface area contributed by atoms with Crippen LogP contribution < -0.4 is 11.1 Å². The first-order valence-electron chi connectivity index (χ1n) is 5.68. The van der Waals surface area contributed by atoms with E-state index in [1.54, 1.807) is 25.6 Å². The van der Waals surface area contributed by atoms with Crippen LogP contribution in [0, 0.1) is 0 Å². The maximum atomic E-state index is 11.7. The van der Waals surface area contributed by atoms with Crippen LogP contribution in [0.5, 0.6) is 0 Å². The number of carbonyl (C=O) groups is 2. The molecule has 1 unspecified atom stereocenters. The number of ether oxygens (including phenoxy) is 1. The predicted octanol–water partition coefficient (Wildman–Crippen LogP) is -0.440. The summed E-state index contributed by atoms with van der Waals surface area (Å²) in [6, 6.07) is -0.477. The molecular weight excluding hydrogens is 236 g/mol. The molecule has 0 aliphatic heterocycles. The molecule has 18 heavy (non-hydrogen) atoms. The van der Waals surface area contributed by atoms with E-state index in [-0.39, 0.29) is 0 Å². The Balaban J connectivity index is 2.78. The van der Waals surface area contributed by atoms with Crippen LogP contribution in [0.15, 0.2) is 6.20 Å². The molecule has 3 N–H and O–H groups in total. The maximum absolute atomic E-state index is 11.7. The minimum atomic E-state index is -0.477. The van der Waals surface area contributed by atoms with Gasteiger partial charge in [-0.05, 0) is 13.8 Å². The zero-order valence-corrected chi connectivity index (χ0v) is 10.8. The fourth-order valence-corrected chi connectivity index (χ4v) is 1.40. The summed E-state index contributed by atoms with van der Waals surface area (Å²) in [7, 11) is 1.72. The zero-order valence-electron chi connectivity index (χ0n) is 10.8. The molecule has 1 heterocycles. The van der Waals surface area contributed by atoms with Gasteiger partial charge in [0.15, 0.2) is 0 Å². The van der Waals surface area contributed by atoms with E-state index in [0.29, 0.717) is 24.4 Å². The molecule has 0 aliphatic carbocycles. The van der Waals surface area contributed by atoms with Gasteiger partial charge in [0.05, 0.1) is 24.5 Å². The van der Waals surface area contributed by atoms with Gasteiger partial charge in [-0.15, -0.1) is 0 Å². The molecule has 0 aliphatic rings. The first-order chi connectivity index (χ1) is 8.47. The topological polar surface area (TPSA) is 99.2 Å². The number of aryl methyl sites for hydroxylation is 1. The molecule has 0 saturated heterocycles. The van der Waals surface area contributed by atoms with E-state index in [1.807, 2.05) is 0 Å². The summed E-state index contributed by atoms with van der Waals surface area (Å²) in [6.07, 6.45) is 1.45. The lowest BCUT2D eigenvalue weighted by molar-refractivity contribution is -0.119. The van der Waals surface area contributed by atoms with Crippen LogP contribution in [-0.4, -0.2) is 34.3 Å². The number of amides is 1. The Morgan fingerprint density at radius 1 is 1.61 bits per heavy atom. The molecule has 7 heteroatoms. The lowest BCUT2D eigenvalue weighted by atomic mass is 10.2. The molecule has 100 valence electrons. The van der Waals surface area contributed by atoms with Crippen molar-refractivity contribution in [3.05, 3.63) is 17.5 Å². The second-order valence-electron chi connectivity index (χ2n) is 3.85. The van der Waals surface area contributed by atoms with Crippen LogP contribution in [0.2, 0.25) is 0 Å². The van der Waals surface area contributed by atoms with Crippen LogP contribution in [-0.2, 0) is 23.1 Å². The van der Waals surface area contributed by atoms with E-state index in [1.165, 1.54) is 6.20 Å². The van der Waals surface area contributed by atoms with Gasteiger partial charge in [0.25, 0.3) is 0 Å². The van der Waals surface area contributed by atoms with Gasteiger partial charge < -0.3 is 15.8 Å². The van der Waals surface area contributed by atoms with Crippen molar-refractivity contribution in [3.63, 3.8) is 0 Å². The zero-order chi connectivity index (χ0) is 13.7. The standard InChI is InChI=1S/C11H18N4O3/c1-4-18-11(17)8-5-14-15(3)9(8)6-13-7(2)10(12)16/h5,7,13H,4,6H2,1-3H3,(H2,12,16). The third-order valence-electron chi connectivity index (χ3n) is 2.56. The van der Waals surface area contributed by atoms with E-state index in [0.717, 1.165) is 0 Å². The van der Waals surface area contributed by atoms with Crippen molar-refractivity contribution in [2.75, 3.05) is 6.61 Å². The highest BCUT2D eigenvalue weighted by molar-refractivity contribution is 5.90. The quantitative estimate of drug-likeness (QED) is 0.670. The molecule has 7 nitrogen and oxygen atoms in total. The summed E-state index contributed by atoms with van der Waals surface area (Å²) in [4.78, 5) is 22.6. The molecule has 0 radical (unpaired) electrons. The summed E-state index contributed by atoms with van der Waals surface area (Å²) in [5, 5.41) is 6.92. The van der Waals surface area contributed by atoms with Crippen LogP contribution in [0.3, 0.4) is 0 Å². The Hall–Kier alpha value is -1.89. The monoisotopic (exact) mass is 254 g/mol. The van der Waals surface area contributed by atoms with Crippen molar-refractivity contribution < 1.29 is 14.3 Å². The average Bonchev–Trinajstić information content (AvgIpc) is 2.67. The van der Waals surface area contributed by atoms with Crippen molar-refractivity contribution in [3.8, 4) is 0 Å². The van der Waals surface area contributed by atoms with Gasteiger partial charge in [-0.2, -0.15) is 5.10 Å². The Labute approximate surface area is 105 Å². The number of primary amides is 1. The van der Waals surface area contributed by atoms with Gasteiger partial charge in [-0.1, -0.05) is 0 Å². The summed E-state index contributed by atoms with van der Waals surface area (Å²) in [5.41, 5.74) is 6.19. The predicted molar refractivity (Wildman–Crippen MR) is 64.7 cm³/mol. The number of rotatable bonds is 6. The fourth-order valence-electron chi connectivity index (χ4n) is 1.40. The van der Waals surface area contributed by atoms with E-state index >= 15 is 0 Å². The van der Waals surface area contributed by atoms with Crippen LogP contribution >= 0.6 is 0 Å². The third kappa shape index (κ3) is 3.30. The largest absolute Gasteiger partial charge is 0.462 e. The highest BCUT2D eigenvalue weighted by Crippen LogP contribution is 2.09. The first-order valence-corrected chi connectivity index (χ1v) is 5.68. The molecule has 1 amide bonds. The Bertz CT molecular complexity index is 441. The van der Waals surface area contributed by atoms with E-state index in [4.69, 9.17) is 10.5 Å². The second-order valence-corrected chi connectivity index (χ2v) is 3.85. The summed E-state index contributed by atoms with van der Waals surface area (Å²) < 4.78 is 6.49. The van der Waals surface area contributed by atoms with E-state index < -0.39 is 17.9 Å². The van der Waals surface area contributed by atoms with Crippen LogP contribution in [0.25, 0.3) is 0 Å². The molecule has 1 aromatic heterocycles. The highest BCUT2D eigenvalue weighted by atomic mass is 16.5. The molecule has 0 aromatic carbocycles. The number of hydrogen-bond acceptors (Lipinski definition) is 5. The highest BCUT2D eigenvalue weighted by Gasteiger charge is 2.18. The summed E-state index contributed by atoms with van der Waals surface area (Å²) >= 11 is 0. The Kier molecular flexibility index (Phi) is 4.85. The van der Waals surface area contributed by atoms with Gasteiger partial charge in [0.2, 0.25) is 5.91 Å². The van der Waals surface area contributed by atoms with Crippen LogP contribution in [0.1, 0.15) is 29.9 Å². The lowest BCUT2D eigenvalue weighted by Gasteiger charge is -2.11. The Morgan fingerprint density at radius 2 is 2.28 bits per heavy atom. The van der Waals surface area contributed by atoms with E-state index in [2.05, 4.69) is 10.4 Å². The van der Waals surface area contributed by atoms with Crippen LogP contribution in [0.4, 0.5) is 0 Å². The SMILES string of the molecule is CCOC(=O)c1cnn(C)c1CNC(C)C(N)=O. The molecule has 0 saturated carbocycles. The molecular formula is C11H18N4O3. The number of nitrogens with two attached hydrogens (primary N) is 1. The molecule has 0 fully saturated rings. The molecule has 0 bridgehead atoms. The molecule has 1 rings (SSSR count). The van der Waals surface area contributed by atoms with Crippen molar-refractivity contribution in [2.45, 2.75) is 26.4 Å². The van der Waals surface area contributed by atoms with Crippen molar-refractivity contribution >= 4 is 11.9 Å². The fraction of sp³-hybridized carbons (Fsp3) is 0.545. The van der Waals surface area contributed by atoms with Gasteiger partial charge >= 0.3 is 5.97 Å². The van der Waals surface area contributed by atoms with Gasteiger partial charge in [0.1, 0.15) is 5.56 Å². The van der Waals surface area contributed by atoms with E-state index in [9.17, 15) is 9.59 Å². The lowest BCUT2D eigenvalue weighted by Crippen LogP contribution is -2.38. The van der Waals surface area contributed by atoms with Gasteiger partial charge in [-0.3, -0.25) is 9.48 Å². The summed E-state index contributed by atoms with van der Waals surface area (Å²) in [6.45, 7) is 4.01. The van der Waals surface area contributed by atoms with Gasteiger partial charge in [0, 0.05) is 13.6 Å². The minimum absolute atomic E-state index is 0.304. The number of nitrogens with one attached hydrogen (secondary N) is 1. The number of esters is 1. The molecule has 1 aromatic rings. The van der Waals surface area contributed by atoms with Gasteiger partial charge in [-0.25, -0.2) is 4.79 Å². The number of aromatic nitrogens is 2. The van der Waals surface area contributed by atoms with Crippen molar-refractivity contribution in [2.24, 2.45) is 12.8 Å². The number of nitrogens with zero attached hydrogens (tertiary/aromatic N) is 2.